The number of hydrogen-bond acceptors (Lipinski definition) is 2. The van der Waals surface area contributed by atoms with E-state index in [1.54, 1.807) is 0 Å². The van der Waals surface area contributed by atoms with E-state index in [9.17, 15) is 26.3 Å². The summed E-state index contributed by atoms with van der Waals surface area (Å²) >= 11 is 0. The van der Waals surface area contributed by atoms with E-state index in [-0.39, 0.29) is 17.1 Å². The molecule has 0 saturated heterocycles. The zero-order chi connectivity index (χ0) is 16.6. The maximum Gasteiger partial charge on any atom is 0.306 e. The number of ether oxygens (including phenoxy) is 2. The smallest absolute Gasteiger partial charge is 0.306 e. The quantitative estimate of drug-likeness (QED) is 0.723. The summed E-state index contributed by atoms with van der Waals surface area (Å²) in [7, 11) is 2.75. The van der Waals surface area contributed by atoms with Gasteiger partial charge in [-0.3, -0.25) is 4.39 Å². The van der Waals surface area contributed by atoms with Crippen molar-refractivity contribution in [2.24, 2.45) is 0 Å². The lowest BCUT2D eigenvalue weighted by molar-refractivity contribution is 0.392. The summed E-state index contributed by atoms with van der Waals surface area (Å²) in [6.45, 7) is 0. The predicted molar refractivity (Wildman–Crippen MR) is 67.0 cm³/mol. The fraction of sp³-hybridized carbons (Fsp3) is 0.231. The van der Waals surface area contributed by atoms with Crippen LogP contribution in [0.1, 0.15) is 11.1 Å². The van der Waals surface area contributed by atoms with Gasteiger partial charge in [0.15, 0.2) is 5.83 Å². The Kier molecular flexibility index (Phi) is 8.03. The molecule has 8 heteroatoms. The fourth-order valence-corrected chi connectivity index (χ4v) is 1.43. The van der Waals surface area contributed by atoms with Gasteiger partial charge in [-0.2, -0.15) is 17.6 Å². The van der Waals surface area contributed by atoms with Crippen molar-refractivity contribution in [1.82, 2.24) is 0 Å². The van der Waals surface area contributed by atoms with Crippen LogP contribution in [0.3, 0.4) is 0 Å². The summed E-state index contributed by atoms with van der Waals surface area (Å²) in [6, 6.07) is 1.85. The van der Waals surface area contributed by atoms with Crippen LogP contribution in [-0.4, -0.2) is 21.4 Å². The normalized spacial score (nSPS) is 9.19. The Bertz CT molecular complexity index is 532. The van der Waals surface area contributed by atoms with Crippen molar-refractivity contribution >= 4 is 11.9 Å². The minimum atomic E-state index is -2.54. The van der Waals surface area contributed by atoms with Crippen molar-refractivity contribution in [3.8, 4) is 11.5 Å². The molecule has 1 rings (SSSR count). The molecule has 0 aliphatic heterocycles. The van der Waals surface area contributed by atoms with Gasteiger partial charge in [0.1, 0.15) is 11.5 Å². The van der Waals surface area contributed by atoms with Crippen molar-refractivity contribution < 1.29 is 35.8 Å². The molecule has 118 valence electrons. The summed E-state index contributed by atoms with van der Waals surface area (Å²) in [6.07, 6.45) is -4.10. The van der Waals surface area contributed by atoms with Crippen LogP contribution in [0.2, 0.25) is 0 Å². The zero-order valence-corrected chi connectivity index (χ0v) is 11.3. The SMILES string of the molecule is CF.COc1cc(C(F)=C(F)F)c(OC)cc1C=C(F)F. The first kappa shape index (κ1) is 18.9. The first-order chi connectivity index (χ1) is 9.90. The average molecular weight is 314 g/mol. The van der Waals surface area contributed by atoms with Crippen molar-refractivity contribution in [3.05, 3.63) is 35.4 Å². The number of alkyl halides is 1. The number of benzene rings is 1. The second kappa shape index (κ2) is 8.93. The summed E-state index contributed by atoms with van der Waals surface area (Å²) in [5.41, 5.74) is -0.689. The molecule has 0 N–H and O–H groups in total. The number of methoxy groups -OCH3 is 2. The molecule has 1 aromatic rings. The van der Waals surface area contributed by atoms with Crippen LogP contribution in [0.5, 0.6) is 11.5 Å². The van der Waals surface area contributed by atoms with Crippen molar-refractivity contribution in [2.45, 2.75) is 0 Å². The molecule has 0 radical (unpaired) electrons. The van der Waals surface area contributed by atoms with Crippen LogP contribution >= 0.6 is 0 Å². The fourth-order valence-electron chi connectivity index (χ4n) is 1.43. The maximum atomic E-state index is 13.2. The van der Waals surface area contributed by atoms with Gasteiger partial charge in [-0.05, 0) is 12.1 Å². The lowest BCUT2D eigenvalue weighted by Crippen LogP contribution is -1.95. The third-order valence-electron chi connectivity index (χ3n) is 2.22. The van der Waals surface area contributed by atoms with Gasteiger partial charge in [0, 0.05) is 11.6 Å². The molecule has 0 unspecified atom stereocenters. The molecule has 0 aromatic heterocycles. The zero-order valence-electron chi connectivity index (χ0n) is 11.3. The van der Waals surface area contributed by atoms with E-state index >= 15 is 0 Å². The molecule has 0 spiro atoms. The maximum absolute atomic E-state index is 13.2. The highest BCUT2D eigenvalue weighted by atomic mass is 19.3. The molecule has 0 aliphatic carbocycles. The van der Waals surface area contributed by atoms with E-state index in [1.807, 2.05) is 0 Å². The standard InChI is InChI=1S/C12H9F5O2.CH3F/c1-18-8-5-7(11(15)12(16)17)9(19-2)3-6(8)4-10(13)14;1-2/h3-5H,1-2H3;1H3. The Morgan fingerprint density at radius 2 is 1.43 bits per heavy atom. The molecular weight excluding hydrogens is 302 g/mol. The number of halogens is 6. The molecule has 0 fully saturated rings. The van der Waals surface area contributed by atoms with E-state index < -0.39 is 23.6 Å². The molecule has 0 aliphatic rings. The first-order valence-corrected chi connectivity index (χ1v) is 5.28. The van der Waals surface area contributed by atoms with Crippen molar-refractivity contribution in [2.75, 3.05) is 21.4 Å². The minimum Gasteiger partial charge on any atom is -0.496 e. The van der Waals surface area contributed by atoms with Gasteiger partial charge in [-0.1, -0.05) is 0 Å². The van der Waals surface area contributed by atoms with Gasteiger partial charge in [0.2, 0.25) is 0 Å². The van der Waals surface area contributed by atoms with Crippen molar-refractivity contribution in [3.63, 3.8) is 0 Å². The third-order valence-corrected chi connectivity index (χ3v) is 2.22. The number of hydrogen-bond donors (Lipinski definition) is 0. The van der Waals surface area contributed by atoms with Gasteiger partial charge < -0.3 is 9.47 Å². The van der Waals surface area contributed by atoms with E-state index in [0.717, 1.165) is 26.4 Å². The monoisotopic (exact) mass is 314 g/mol. The summed E-state index contributed by atoms with van der Waals surface area (Å²) in [4.78, 5) is 0. The predicted octanol–water partition coefficient (Wildman–Crippen LogP) is 5.06. The molecule has 0 heterocycles. The van der Waals surface area contributed by atoms with Crippen LogP contribution in [0.4, 0.5) is 26.3 Å². The number of rotatable bonds is 4. The highest BCUT2D eigenvalue weighted by molar-refractivity contribution is 5.72. The second-order valence-electron chi connectivity index (χ2n) is 3.30. The molecule has 21 heavy (non-hydrogen) atoms. The Labute approximate surface area is 117 Å². The van der Waals surface area contributed by atoms with Gasteiger partial charge in [0.05, 0.1) is 27.0 Å². The van der Waals surface area contributed by atoms with Crippen LogP contribution in [0.15, 0.2) is 24.3 Å². The highest BCUT2D eigenvalue weighted by Gasteiger charge is 2.18. The van der Waals surface area contributed by atoms with Gasteiger partial charge in [-0.25, -0.2) is 4.39 Å². The lowest BCUT2D eigenvalue weighted by Gasteiger charge is -2.11. The molecule has 0 atom stereocenters. The Hall–Kier alpha value is -2.12. The molecule has 1 aromatic carbocycles. The van der Waals surface area contributed by atoms with Gasteiger partial charge >= 0.3 is 6.08 Å². The molecule has 2 nitrogen and oxygen atoms in total. The Morgan fingerprint density at radius 1 is 0.905 bits per heavy atom. The van der Waals surface area contributed by atoms with Crippen LogP contribution in [0.25, 0.3) is 11.9 Å². The highest BCUT2D eigenvalue weighted by Crippen LogP contribution is 2.36. The Balaban J connectivity index is 0.00000191. The average Bonchev–Trinajstić information content (AvgIpc) is 2.47. The topological polar surface area (TPSA) is 18.5 Å². The molecule has 0 saturated carbocycles. The molecule has 0 bridgehead atoms. The van der Waals surface area contributed by atoms with Gasteiger partial charge in [0.25, 0.3) is 6.08 Å². The molecule has 0 amide bonds. The Morgan fingerprint density at radius 3 is 1.81 bits per heavy atom. The summed E-state index contributed by atoms with van der Waals surface area (Å²) < 4.78 is 81.1. The van der Waals surface area contributed by atoms with E-state index in [1.165, 1.54) is 0 Å². The van der Waals surface area contributed by atoms with Crippen LogP contribution in [-0.2, 0) is 0 Å². The first-order valence-electron chi connectivity index (χ1n) is 5.28. The summed E-state index contributed by atoms with van der Waals surface area (Å²) in [5.74, 6) is -2.29. The van der Waals surface area contributed by atoms with Crippen LogP contribution < -0.4 is 9.47 Å². The largest absolute Gasteiger partial charge is 0.496 e. The lowest BCUT2D eigenvalue weighted by atomic mass is 10.1. The van der Waals surface area contributed by atoms with E-state index in [2.05, 4.69) is 0 Å². The molecular formula is C13H12F6O2. The second-order valence-corrected chi connectivity index (χ2v) is 3.30. The van der Waals surface area contributed by atoms with Crippen molar-refractivity contribution in [1.29, 1.82) is 0 Å². The van der Waals surface area contributed by atoms with Gasteiger partial charge in [-0.15, -0.1) is 0 Å². The third kappa shape index (κ3) is 5.05. The van der Waals surface area contributed by atoms with Crippen LogP contribution in [0, 0.1) is 0 Å². The van der Waals surface area contributed by atoms with E-state index in [0.29, 0.717) is 13.3 Å². The van der Waals surface area contributed by atoms with E-state index in [4.69, 9.17) is 9.47 Å². The minimum absolute atomic E-state index is 0.116. The summed E-state index contributed by atoms with van der Waals surface area (Å²) in [5, 5.41) is 0.